The van der Waals surface area contributed by atoms with Gasteiger partial charge >= 0.3 is 0 Å². The summed E-state index contributed by atoms with van der Waals surface area (Å²) < 4.78 is 5.75. The Morgan fingerprint density at radius 2 is 1.93 bits per heavy atom. The molecule has 0 aliphatic carbocycles. The van der Waals surface area contributed by atoms with Gasteiger partial charge in [-0.15, -0.1) is 11.3 Å². The van der Waals surface area contributed by atoms with Crippen LogP contribution in [0.5, 0.6) is 5.75 Å². The molecule has 0 aliphatic heterocycles. The lowest BCUT2D eigenvalue weighted by Crippen LogP contribution is -2.30. The summed E-state index contributed by atoms with van der Waals surface area (Å²) in [6.45, 7) is 8.13. The molecule has 0 spiro atoms. The molecule has 2 aromatic rings. The fraction of sp³-hybridized carbons (Fsp3) is 0.500. The van der Waals surface area contributed by atoms with E-state index in [1.165, 1.54) is 16.2 Å². The zero-order valence-electron chi connectivity index (χ0n) is 18.1. The first-order valence-corrected chi connectivity index (χ1v) is 10.7. The van der Waals surface area contributed by atoms with Crippen LogP contribution >= 0.6 is 11.3 Å². The third-order valence-electron chi connectivity index (χ3n) is 4.49. The van der Waals surface area contributed by atoms with E-state index < -0.39 is 0 Å². The summed E-state index contributed by atoms with van der Waals surface area (Å²) in [5.41, 5.74) is 1.62. The second-order valence-electron chi connectivity index (χ2n) is 7.67. The topological polar surface area (TPSA) is 71.5 Å². The number of hydrogen-bond donors (Lipinski definition) is 1. The van der Waals surface area contributed by atoms with Crippen LogP contribution in [0.15, 0.2) is 24.3 Å². The van der Waals surface area contributed by atoms with Crippen LogP contribution in [-0.4, -0.2) is 42.4 Å². The second kappa shape index (κ2) is 10.4. The van der Waals surface area contributed by atoms with E-state index in [2.05, 4.69) is 24.1 Å². The molecule has 2 rings (SSSR count). The molecule has 1 N–H and O–H groups in total. The Kier molecular flexibility index (Phi) is 8.20. The summed E-state index contributed by atoms with van der Waals surface area (Å²) in [6, 6.07) is 7.30. The highest BCUT2D eigenvalue weighted by Crippen LogP contribution is 2.28. The number of nitrogens with zero attached hydrogens (tertiary/aromatic N) is 2. The molecule has 0 saturated heterocycles. The smallest absolute Gasteiger partial charge is 0.263 e. The standard InChI is InChI=1S/C22H31N3O3S/c1-7-17(16-10-8-9-11-18(16)28-13-20(26)25(5)6)24-22(27)21-15(4)23-19(29-21)12-14(2)3/h8-11,14,17H,7,12-13H2,1-6H3,(H,24,27). The van der Waals surface area contributed by atoms with Crippen molar-refractivity contribution in [1.82, 2.24) is 15.2 Å². The lowest BCUT2D eigenvalue weighted by Gasteiger charge is -2.21. The van der Waals surface area contributed by atoms with Gasteiger partial charge in [0.1, 0.15) is 10.6 Å². The number of aryl methyl sites for hydroxylation is 1. The fourth-order valence-electron chi connectivity index (χ4n) is 2.89. The first-order chi connectivity index (χ1) is 13.7. The Balaban J connectivity index is 2.17. The quantitative estimate of drug-likeness (QED) is 0.669. The molecule has 0 saturated carbocycles. The molecule has 0 radical (unpaired) electrons. The molecule has 0 bridgehead atoms. The number of aromatic nitrogens is 1. The number of para-hydroxylation sites is 1. The summed E-state index contributed by atoms with van der Waals surface area (Å²) in [4.78, 5) is 31.5. The van der Waals surface area contributed by atoms with Gasteiger partial charge in [0.2, 0.25) is 0 Å². The zero-order chi connectivity index (χ0) is 21.6. The van der Waals surface area contributed by atoms with Crippen LogP contribution < -0.4 is 10.1 Å². The average Bonchev–Trinajstić information content (AvgIpc) is 3.03. The van der Waals surface area contributed by atoms with Crippen molar-refractivity contribution in [3.05, 3.63) is 45.4 Å². The molecule has 1 atom stereocenters. The van der Waals surface area contributed by atoms with Crippen LogP contribution in [0, 0.1) is 12.8 Å². The third-order valence-corrected chi connectivity index (χ3v) is 5.67. The van der Waals surface area contributed by atoms with Crippen molar-refractivity contribution < 1.29 is 14.3 Å². The minimum absolute atomic E-state index is 0.0408. The summed E-state index contributed by atoms with van der Waals surface area (Å²) in [5.74, 6) is 0.862. The monoisotopic (exact) mass is 417 g/mol. The first kappa shape index (κ1) is 22.9. The van der Waals surface area contributed by atoms with Crippen LogP contribution in [0.2, 0.25) is 0 Å². The van der Waals surface area contributed by atoms with E-state index in [-0.39, 0.29) is 24.5 Å². The minimum atomic E-state index is -0.219. The van der Waals surface area contributed by atoms with Gasteiger partial charge in [-0.25, -0.2) is 4.98 Å². The van der Waals surface area contributed by atoms with Gasteiger partial charge in [0.15, 0.2) is 6.61 Å². The van der Waals surface area contributed by atoms with Gasteiger partial charge in [-0.1, -0.05) is 39.0 Å². The first-order valence-electron chi connectivity index (χ1n) is 9.91. The molecular weight excluding hydrogens is 386 g/mol. The van der Waals surface area contributed by atoms with E-state index in [1.807, 2.05) is 38.1 Å². The minimum Gasteiger partial charge on any atom is -0.483 e. The van der Waals surface area contributed by atoms with Crippen LogP contribution in [0.25, 0.3) is 0 Å². The number of likely N-dealkylation sites (N-methyl/N-ethyl adjacent to an activating group) is 1. The maximum absolute atomic E-state index is 12.9. The number of carbonyl (C=O) groups excluding carboxylic acids is 2. The van der Waals surface area contributed by atoms with E-state index in [0.29, 0.717) is 23.0 Å². The van der Waals surface area contributed by atoms with E-state index >= 15 is 0 Å². The highest BCUT2D eigenvalue weighted by atomic mass is 32.1. The Hall–Kier alpha value is -2.41. The molecule has 0 aliphatic rings. The Morgan fingerprint density at radius 3 is 2.55 bits per heavy atom. The lowest BCUT2D eigenvalue weighted by molar-refractivity contribution is -0.130. The number of nitrogens with one attached hydrogen (secondary N) is 1. The van der Waals surface area contributed by atoms with Crippen molar-refractivity contribution in [2.75, 3.05) is 20.7 Å². The van der Waals surface area contributed by atoms with Gasteiger partial charge in [0.25, 0.3) is 11.8 Å². The van der Waals surface area contributed by atoms with Gasteiger partial charge in [-0.2, -0.15) is 0 Å². The van der Waals surface area contributed by atoms with Crippen molar-refractivity contribution in [2.45, 2.75) is 46.6 Å². The highest BCUT2D eigenvalue weighted by Gasteiger charge is 2.22. The number of thiazole rings is 1. The van der Waals surface area contributed by atoms with Gasteiger partial charge in [-0.05, 0) is 25.3 Å². The number of hydrogen-bond acceptors (Lipinski definition) is 5. The molecule has 2 amide bonds. The Labute approximate surface area is 177 Å². The highest BCUT2D eigenvalue weighted by molar-refractivity contribution is 7.13. The van der Waals surface area contributed by atoms with Crippen molar-refractivity contribution in [3.63, 3.8) is 0 Å². The molecule has 1 heterocycles. The van der Waals surface area contributed by atoms with E-state index in [1.54, 1.807) is 14.1 Å². The predicted octanol–water partition coefficient (Wildman–Crippen LogP) is 4.00. The molecule has 29 heavy (non-hydrogen) atoms. The normalized spacial score (nSPS) is 12.0. The molecule has 0 fully saturated rings. The molecule has 1 unspecified atom stereocenters. The van der Waals surface area contributed by atoms with Crippen molar-refractivity contribution in [3.8, 4) is 5.75 Å². The van der Waals surface area contributed by atoms with Gasteiger partial charge in [0.05, 0.1) is 16.7 Å². The zero-order valence-corrected chi connectivity index (χ0v) is 18.9. The van der Waals surface area contributed by atoms with Crippen LogP contribution in [-0.2, 0) is 11.2 Å². The van der Waals surface area contributed by atoms with Crippen LogP contribution in [0.1, 0.15) is 59.2 Å². The maximum Gasteiger partial charge on any atom is 0.263 e. The number of carbonyl (C=O) groups is 2. The molecule has 6 nitrogen and oxygen atoms in total. The lowest BCUT2D eigenvalue weighted by atomic mass is 10.0. The number of rotatable bonds is 9. The van der Waals surface area contributed by atoms with E-state index in [4.69, 9.17) is 4.74 Å². The third kappa shape index (κ3) is 6.29. The predicted molar refractivity (Wildman–Crippen MR) is 117 cm³/mol. The average molecular weight is 418 g/mol. The summed E-state index contributed by atoms with van der Waals surface area (Å²) in [6.07, 6.45) is 1.57. The van der Waals surface area contributed by atoms with Crippen LogP contribution in [0.4, 0.5) is 0 Å². The summed E-state index contributed by atoms with van der Waals surface area (Å²) in [5, 5.41) is 4.10. The van der Waals surface area contributed by atoms with E-state index in [9.17, 15) is 9.59 Å². The number of ether oxygens (including phenoxy) is 1. The van der Waals surface area contributed by atoms with Crippen molar-refractivity contribution in [2.24, 2.45) is 5.92 Å². The molecule has 1 aromatic carbocycles. The Morgan fingerprint density at radius 1 is 1.24 bits per heavy atom. The molecule has 1 aromatic heterocycles. The molecular formula is C22H31N3O3S. The number of benzene rings is 1. The number of amides is 2. The SMILES string of the molecule is CCC(NC(=O)c1sc(CC(C)C)nc1C)c1ccccc1OCC(=O)N(C)C. The second-order valence-corrected chi connectivity index (χ2v) is 8.75. The fourth-order valence-corrected chi connectivity index (χ4v) is 4.07. The Bertz CT molecular complexity index is 846. The summed E-state index contributed by atoms with van der Waals surface area (Å²) in [7, 11) is 3.38. The van der Waals surface area contributed by atoms with Crippen molar-refractivity contribution >= 4 is 23.2 Å². The van der Waals surface area contributed by atoms with Gasteiger partial charge in [-0.3, -0.25) is 9.59 Å². The van der Waals surface area contributed by atoms with Gasteiger partial charge < -0.3 is 15.0 Å². The molecule has 158 valence electrons. The largest absolute Gasteiger partial charge is 0.483 e. The van der Waals surface area contributed by atoms with Crippen molar-refractivity contribution in [1.29, 1.82) is 0 Å². The van der Waals surface area contributed by atoms with E-state index in [0.717, 1.165) is 22.7 Å². The van der Waals surface area contributed by atoms with Crippen LogP contribution in [0.3, 0.4) is 0 Å². The van der Waals surface area contributed by atoms with Gasteiger partial charge in [0, 0.05) is 26.1 Å². The summed E-state index contributed by atoms with van der Waals surface area (Å²) >= 11 is 1.46. The maximum atomic E-state index is 12.9. The molecule has 7 heteroatoms.